The lowest BCUT2D eigenvalue weighted by molar-refractivity contribution is -0.241. The Bertz CT molecular complexity index is 1180. The van der Waals surface area contributed by atoms with E-state index in [2.05, 4.69) is 54.5 Å². The van der Waals surface area contributed by atoms with Crippen LogP contribution in [0.5, 0.6) is 0 Å². The second-order valence-corrected chi connectivity index (χ2v) is 18.3. The topological polar surface area (TPSA) is 127 Å². The number of rotatable bonds is 4. The highest BCUT2D eigenvalue weighted by Gasteiger charge is 2.69. The van der Waals surface area contributed by atoms with E-state index in [1.54, 1.807) is 0 Å². The van der Waals surface area contributed by atoms with Crippen molar-refractivity contribution in [3.63, 3.8) is 0 Å². The Kier molecular flexibility index (Phi) is 7.86. The summed E-state index contributed by atoms with van der Waals surface area (Å²) in [5.41, 5.74) is 1.24. The lowest BCUT2D eigenvalue weighted by atomic mass is 9.33. The van der Waals surface area contributed by atoms with Gasteiger partial charge in [0.25, 0.3) is 0 Å². The molecule has 0 radical (unpaired) electrons. The van der Waals surface area contributed by atoms with E-state index in [4.69, 9.17) is 4.74 Å². The van der Waals surface area contributed by atoms with Crippen molar-refractivity contribution < 1.29 is 35.1 Å². The van der Waals surface area contributed by atoms with E-state index >= 15 is 0 Å². The first-order chi connectivity index (χ1) is 20.4. The number of carboxylic acids is 1. The van der Waals surface area contributed by atoms with Gasteiger partial charge in [0.05, 0.1) is 18.1 Å². The molecule has 44 heavy (non-hydrogen) atoms. The van der Waals surface area contributed by atoms with Crippen molar-refractivity contribution in [2.24, 2.45) is 56.2 Å². The highest BCUT2D eigenvalue weighted by molar-refractivity contribution is 5.76. The van der Waals surface area contributed by atoms with Gasteiger partial charge < -0.3 is 30.3 Å². The standard InChI is InChI=1S/C37H60O7/c1-32(2)14-16-37(31(42)43)17-15-35(6)22(23(37)19-32)8-9-27-34(5)12-10-21(33(3,4)26(34)11-13-36(27,35)7)18-24-28(39)30(41)29(40)25(20-38)44-24/h8,21,23-30,38-41H,9-20H2,1-7H3,(H,42,43)/t21-,23?,24-,25?,26?,27?,28?,29-,30-,34+,35-,36-,37+/m1/s1. The van der Waals surface area contributed by atoms with Crippen LogP contribution < -0.4 is 0 Å². The SMILES string of the molecule is CC1(C)CC[C@]2(C(=O)O)CC[C@]3(C)C(=CCC4[C@@]5(C)CC[C@H](C[C@H]6OC(CO)[C@@H](O)[C@H](O)C6O)C(C)(C)C5CC[C@]43C)C2C1. The molecule has 0 bridgehead atoms. The number of allylic oxidation sites excluding steroid dienone is 2. The molecule has 7 heteroatoms. The largest absolute Gasteiger partial charge is 0.481 e. The fourth-order valence-electron chi connectivity index (χ4n) is 12.8. The molecule has 13 atom stereocenters. The maximum absolute atomic E-state index is 12.9. The number of aliphatic carboxylic acids is 1. The number of hydrogen-bond donors (Lipinski definition) is 5. The van der Waals surface area contributed by atoms with Crippen LogP contribution in [0, 0.1) is 56.2 Å². The average molecular weight is 617 g/mol. The zero-order valence-corrected chi connectivity index (χ0v) is 28.3. The number of carboxylic acid groups (broad SMARTS) is 1. The highest BCUT2D eigenvalue weighted by atomic mass is 16.5. The van der Waals surface area contributed by atoms with Crippen molar-refractivity contribution in [3.8, 4) is 0 Å². The van der Waals surface area contributed by atoms with Crippen molar-refractivity contribution in [1.29, 1.82) is 0 Å². The first-order valence-corrected chi connectivity index (χ1v) is 17.6. The zero-order valence-electron chi connectivity index (χ0n) is 28.3. The molecule has 4 saturated carbocycles. The molecule has 5 aliphatic carbocycles. The molecule has 0 aromatic carbocycles. The molecule has 0 amide bonds. The lowest BCUT2D eigenvalue weighted by Crippen LogP contribution is -2.65. The van der Waals surface area contributed by atoms with E-state index < -0.39 is 48.5 Å². The smallest absolute Gasteiger partial charge is 0.310 e. The molecule has 1 heterocycles. The fraction of sp³-hybridized carbons (Fsp3) is 0.919. The Morgan fingerprint density at radius 1 is 0.841 bits per heavy atom. The van der Waals surface area contributed by atoms with E-state index in [0.717, 1.165) is 64.2 Å². The third-order valence-electron chi connectivity index (χ3n) is 15.8. The van der Waals surface area contributed by atoms with Gasteiger partial charge in [0.15, 0.2) is 0 Å². The molecule has 5 fully saturated rings. The molecular formula is C37H60O7. The molecule has 6 rings (SSSR count). The zero-order chi connectivity index (χ0) is 32.3. The van der Waals surface area contributed by atoms with Crippen LogP contribution in [0.4, 0.5) is 0 Å². The highest BCUT2D eigenvalue weighted by Crippen LogP contribution is 2.76. The minimum absolute atomic E-state index is 0.00173. The molecule has 0 aromatic rings. The Hall–Kier alpha value is -0.990. The number of carbonyl (C=O) groups is 1. The van der Waals surface area contributed by atoms with Gasteiger partial charge in [0.1, 0.15) is 24.4 Å². The van der Waals surface area contributed by atoms with Crippen LogP contribution >= 0.6 is 0 Å². The Morgan fingerprint density at radius 3 is 2.16 bits per heavy atom. The maximum Gasteiger partial charge on any atom is 0.310 e. The predicted octanol–water partition coefficient (Wildman–Crippen LogP) is 5.72. The molecule has 0 aromatic heterocycles. The minimum atomic E-state index is -1.33. The molecular weight excluding hydrogens is 556 g/mol. The van der Waals surface area contributed by atoms with Gasteiger partial charge in [0.2, 0.25) is 0 Å². The van der Waals surface area contributed by atoms with Crippen molar-refractivity contribution in [3.05, 3.63) is 11.6 Å². The van der Waals surface area contributed by atoms with Crippen LogP contribution in [0.15, 0.2) is 11.6 Å². The first kappa shape index (κ1) is 32.9. The van der Waals surface area contributed by atoms with Crippen LogP contribution in [-0.2, 0) is 9.53 Å². The van der Waals surface area contributed by atoms with Crippen molar-refractivity contribution in [2.45, 2.75) is 150 Å². The summed E-state index contributed by atoms with van der Waals surface area (Å²) in [5, 5.41) is 52.0. The molecule has 250 valence electrons. The van der Waals surface area contributed by atoms with E-state index in [1.165, 1.54) is 5.57 Å². The van der Waals surface area contributed by atoms with Gasteiger partial charge >= 0.3 is 5.97 Å². The molecule has 6 aliphatic rings. The van der Waals surface area contributed by atoms with Crippen LogP contribution in [-0.4, -0.2) is 68.6 Å². The predicted molar refractivity (Wildman–Crippen MR) is 169 cm³/mol. The second kappa shape index (κ2) is 10.5. The summed E-state index contributed by atoms with van der Waals surface area (Å²) in [6.07, 6.45) is 7.70. The first-order valence-electron chi connectivity index (χ1n) is 17.6. The van der Waals surface area contributed by atoms with E-state index in [1.807, 2.05) is 0 Å². The van der Waals surface area contributed by atoms with Gasteiger partial charge in [-0.3, -0.25) is 4.79 Å². The molecule has 5 unspecified atom stereocenters. The Balaban J connectivity index is 1.29. The summed E-state index contributed by atoms with van der Waals surface area (Å²) in [4.78, 5) is 12.9. The number of aliphatic hydroxyl groups excluding tert-OH is 4. The summed E-state index contributed by atoms with van der Waals surface area (Å²) < 4.78 is 5.99. The van der Waals surface area contributed by atoms with Crippen LogP contribution in [0.3, 0.4) is 0 Å². The summed E-state index contributed by atoms with van der Waals surface area (Å²) in [5.74, 6) is 0.835. The van der Waals surface area contributed by atoms with Crippen molar-refractivity contribution >= 4 is 5.97 Å². The number of ether oxygens (including phenoxy) is 1. The van der Waals surface area contributed by atoms with Crippen molar-refractivity contribution in [2.75, 3.05) is 6.61 Å². The number of hydrogen-bond acceptors (Lipinski definition) is 6. The normalized spacial score (nSPS) is 52.9. The summed E-state index contributed by atoms with van der Waals surface area (Å²) >= 11 is 0. The van der Waals surface area contributed by atoms with Crippen LogP contribution in [0.1, 0.15) is 119 Å². The summed E-state index contributed by atoms with van der Waals surface area (Å²) in [6, 6.07) is 0. The Labute approximate surface area is 264 Å². The molecule has 1 saturated heterocycles. The quantitative estimate of drug-likeness (QED) is 0.256. The lowest BCUT2D eigenvalue weighted by Gasteiger charge is -2.71. The van der Waals surface area contributed by atoms with Crippen LogP contribution in [0.2, 0.25) is 0 Å². The average Bonchev–Trinajstić information content (AvgIpc) is 2.94. The van der Waals surface area contributed by atoms with Gasteiger partial charge in [0, 0.05) is 0 Å². The Morgan fingerprint density at radius 2 is 1.50 bits per heavy atom. The van der Waals surface area contributed by atoms with Gasteiger partial charge in [-0.15, -0.1) is 0 Å². The van der Waals surface area contributed by atoms with Gasteiger partial charge in [-0.1, -0.05) is 60.1 Å². The van der Waals surface area contributed by atoms with E-state index in [9.17, 15) is 30.3 Å². The van der Waals surface area contributed by atoms with E-state index in [-0.39, 0.29) is 38.9 Å². The maximum atomic E-state index is 12.9. The van der Waals surface area contributed by atoms with Crippen LogP contribution in [0.25, 0.3) is 0 Å². The van der Waals surface area contributed by atoms with Gasteiger partial charge in [-0.05, 0) is 121 Å². The molecule has 5 N–H and O–H groups in total. The molecule has 7 nitrogen and oxygen atoms in total. The summed E-state index contributed by atoms with van der Waals surface area (Å²) in [6.45, 7) is 16.6. The minimum Gasteiger partial charge on any atom is -0.481 e. The number of fused-ring (bicyclic) bond motifs is 7. The third-order valence-corrected chi connectivity index (χ3v) is 15.8. The molecule has 1 aliphatic heterocycles. The van der Waals surface area contributed by atoms with Gasteiger partial charge in [-0.2, -0.15) is 0 Å². The number of aliphatic hydroxyl groups is 4. The van der Waals surface area contributed by atoms with Gasteiger partial charge in [-0.25, -0.2) is 0 Å². The monoisotopic (exact) mass is 616 g/mol. The van der Waals surface area contributed by atoms with Crippen molar-refractivity contribution in [1.82, 2.24) is 0 Å². The molecule has 0 spiro atoms. The second-order valence-electron chi connectivity index (χ2n) is 18.3. The van der Waals surface area contributed by atoms with E-state index in [0.29, 0.717) is 18.3 Å². The fourth-order valence-corrected chi connectivity index (χ4v) is 12.8. The third kappa shape index (κ3) is 4.41. The summed E-state index contributed by atoms with van der Waals surface area (Å²) in [7, 11) is 0.